The largest absolute Gasteiger partial charge is 0.497 e. The molecule has 0 atom stereocenters. The summed E-state index contributed by atoms with van der Waals surface area (Å²) in [6.45, 7) is 0.572. The second kappa shape index (κ2) is 6.83. The molecule has 0 aliphatic carbocycles. The number of methoxy groups -OCH3 is 1. The number of aromatic nitrogens is 6. The predicted octanol–water partition coefficient (Wildman–Crippen LogP) is 2.53. The van der Waals surface area contributed by atoms with Gasteiger partial charge in [-0.1, -0.05) is 30.3 Å². The highest BCUT2D eigenvalue weighted by atomic mass is 16.5. The van der Waals surface area contributed by atoms with Crippen LogP contribution in [0.4, 0.5) is 0 Å². The van der Waals surface area contributed by atoms with Crippen LogP contribution < -0.4 is 10.4 Å². The molecule has 2 aromatic carbocycles. The number of benzene rings is 2. The minimum Gasteiger partial charge on any atom is -0.497 e. The van der Waals surface area contributed by atoms with Crippen LogP contribution in [0.1, 0.15) is 5.56 Å². The van der Waals surface area contributed by atoms with Crippen LogP contribution >= 0.6 is 0 Å². The number of para-hydroxylation sites is 1. The minimum atomic E-state index is -0.393. The average Bonchev–Trinajstić information content (AvgIpc) is 3.24. The molecule has 0 unspecified atom stereocenters. The van der Waals surface area contributed by atoms with Crippen molar-refractivity contribution in [1.82, 2.24) is 29.1 Å². The van der Waals surface area contributed by atoms with Crippen LogP contribution in [-0.2, 0) is 6.54 Å². The molecule has 8 nitrogen and oxygen atoms in total. The number of fused-ring (bicyclic) bond motifs is 3. The molecule has 3 aromatic rings. The molecule has 5 rings (SSSR count). The third kappa shape index (κ3) is 2.91. The van der Waals surface area contributed by atoms with Crippen LogP contribution in [-0.4, -0.2) is 36.2 Å². The zero-order valence-corrected chi connectivity index (χ0v) is 15.6. The first-order valence-corrected chi connectivity index (χ1v) is 9.01. The lowest BCUT2D eigenvalue weighted by Gasteiger charge is -2.04. The summed E-state index contributed by atoms with van der Waals surface area (Å²) in [4.78, 5) is 30.1. The van der Waals surface area contributed by atoms with Gasteiger partial charge in [0.1, 0.15) is 23.3 Å². The van der Waals surface area contributed by atoms with Crippen molar-refractivity contribution in [1.29, 1.82) is 0 Å². The van der Waals surface area contributed by atoms with Crippen LogP contribution in [0, 0.1) is 0 Å². The summed E-state index contributed by atoms with van der Waals surface area (Å²) in [5, 5.41) is 0. The lowest BCUT2D eigenvalue weighted by Crippen LogP contribution is -2.14. The minimum absolute atomic E-state index is 0.393. The van der Waals surface area contributed by atoms with Crippen LogP contribution in [0.15, 0.2) is 72.0 Å². The molecule has 0 amide bonds. The Hall–Kier alpha value is -4.07. The molecule has 0 radical (unpaired) electrons. The molecule has 1 aromatic heterocycles. The van der Waals surface area contributed by atoms with Gasteiger partial charge in [-0.15, -0.1) is 0 Å². The molecular weight excluding hydrogens is 368 g/mol. The Balaban J connectivity index is 1.61. The molecule has 0 saturated carbocycles. The van der Waals surface area contributed by atoms with Crippen molar-refractivity contribution in [2.45, 2.75) is 6.54 Å². The van der Waals surface area contributed by atoms with Crippen molar-refractivity contribution >= 4 is 11.2 Å². The van der Waals surface area contributed by atoms with Crippen molar-refractivity contribution in [3.05, 3.63) is 83.3 Å². The van der Waals surface area contributed by atoms with Gasteiger partial charge in [0.15, 0.2) is 11.5 Å². The van der Waals surface area contributed by atoms with Crippen LogP contribution in [0.3, 0.4) is 0 Å². The van der Waals surface area contributed by atoms with Gasteiger partial charge in [0.25, 0.3) is 0 Å². The molecule has 0 spiro atoms. The van der Waals surface area contributed by atoms with E-state index in [0.717, 1.165) is 11.3 Å². The standard InChI is InChI=1S/C21H16N6O2/c1-29-16-9-7-14(8-10-16)11-26-13-24-17-18-20(23-12-22-19(17)26)27(21(28)25-18)15-5-3-2-4-6-15/h2-10,12-13H,11H2,1H3. The molecule has 142 valence electrons. The summed E-state index contributed by atoms with van der Waals surface area (Å²) in [5.74, 6) is 1.23. The van der Waals surface area contributed by atoms with E-state index < -0.39 is 5.69 Å². The number of nitrogens with zero attached hydrogens (tertiary/aromatic N) is 6. The second-order valence-electron chi connectivity index (χ2n) is 6.50. The second-order valence-corrected chi connectivity index (χ2v) is 6.50. The number of rotatable bonds is 4. The van der Waals surface area contributed by atoms with Crippen molar-refractivity contribution in [3.8, 4) is 23.0 Å². The molecular formula is C21H16N6O2. The van der Waals surface area contributed by atoms with Gasteiger partial charge in [-0.25, -0.2) is 24.3 Å². The quantitative estimate of drug-likeness (QED) is 0.473. The smallest absolute Gasteiger partial charge is 0.354 e. The lowest BCUT2D eigenvalue weighted by molar-refractivity contribution is 0.414. The number of hydrogen-bond acceptors (Lipinski definition) is 6. The van der Waals surface area contributed by atoms with Gasteiger partial charge in [0, 0.05) is 0 Å². The van der Waals surface area contributed by atoms with Crippen LogP contribution in [0.2, 0.25) is 0 Å². The van der Waals surface area contributed by atoms with E-state index in [0.29, 0.717) is 34.9 Å². The maximum absolute atomic E-state index is 12.6. The Labute approximate surface area is 165 Å². The third-order valence-electron chi connectivity index (χ3n) is 4.74. The molecule has 0 fully saturated rings. The fourth-order valence-corrected chi connectivity index (χ4v) is 3.34. The summed E-state index contributed by atoms with van der Waals surface area (Å²) in [5.41, 5.74) is 2.96. The highest BCUT2D eigenvalue weighted by Gasteiger charge is 2.21. The summed E-state index contributed by atoms with van der Waals surface area (Å²) >= 11 is 0. The van der Waals surface area contributed by atoms with Gasteiger partial charge in [-0.2, -0.15) is 4.98 Å². The summed E-state index contributed by atoms with van der Waals surface area (Å²) in [6.07, 6.45) is 3.14. The Morgan fingerprint density at radius 3 is 2.52 bits per heavy atom. The van der Waals surface area contributed by atoms with Crippen LogP contribution in [0.25, 0.3) is 28.4 Å². The van der Waals surface area contributed by atoms with E-state index in [1.54, 1.807) is 13.4 Å². The molecule has 0 N–H and O–H groups in total. The van der Waals surface area contributed by atoms with Gasteiger partial charge < -0.3 is 9.30 Å². The molecule has 0 bridgehead atoms. The lowest BCUT2D eigenvalue weighted by atomic mass is 10.2. The van der Waals surface area contributed by atoms with Gasteiger partial charge in [0.2, 0.25) is 0 Å². The fraction of sp³-hybridized carbons (Fsp3) is 0.0952. The van der Waals surface area contributed by atoms with E-state index in [4.69, 9.17) is 4.74 Å². The maximum atomic E-state index is 12.6. The zero-order valence-electron chi connectivity index (χ0n) is 15.6. The van der Waals surface area contributed by atoms with E-state index in [-0.39, 0.29) is 0 Å². The zero-order chi connectivity index (χ0) is 19.8. The molecule has 0 saturated heterocycles. The van der Waals surface area contributed by atoms with Gasteiger partial charge >= 0.3 is 5.69 Å². The van der Waals surface area contributed by atoms with E-state index in [2.05, 4.69) is 19.9 Å². The molecule has 8 heteroatoms. The molecule has 3 heterocycles. The van der Waals surface area contributed by atoms with Crippen molar-refractivity contribution < 1.29 is 4.74 Å². The van der Waals surface area contributed by atoms with Gasteiger partial charge in [-0.3, -0.25) is 0 Å². The topological polar surface area (TPSA) is 87.7 Å². The summed E-state index contributed by atoms with van der Waals surface area (Å²) in [6, 6.07) is 17.1. The van der Waals surface area contributed by atoms with E-state index in [9.17, 15) is 4.79 Å². The Bertz CT molecular complexity index is 1330. The monoisotopic (exact) mass is 384 g/mol. The Morgan fingerprint density at radius 2 is 1.76 bits per heavy atom. The van der Waals surface area contributed by atoms with Crippen molar-refractivity contribution in [2.24, 2.45) is 0 Å². The highest BCUT2D eigenvalue weighted by molar-refractivity contribution is 5.85. The SMILES string of the molecule is COc1ccc(Cn2cnc3c4nc(=O)n(-c5ccccc5)c-4ncnc32)cc1. The maximum Gasteiger partial charge on any atom is 0.354 e. The van der Waals surface area contributed by atoms with Crippen LogP contribution in [0.5, 0.6) is 5.75 Å². The van der Waals surface area contributed by atoms with Gasteiger partial charge in [-0.05, 0) is 29.8 Å². The molecule has 2 aliphatic heterocycles. The molecule has 29 heavy (non-hydrogen) atoms. The third-order valence-corrected chi connectivity index (χ3v) is 4.74. The summed E-state index contributed by atoms with van der Waals surface area (Å²) < 4.78 is 8.58. The Kier molecular flexibility index (Phi) is 4.02. The first kappa shape index (κ1) is 17.1. The first-order valence-electron chi connectivity index (χ1n) is 9.01. The molecule has 2 aliphatic rings. The average molecular weight is 384 g/mol. The number of imidazole rings is 2. The summed E-state index contributed by atoms with van der Waals surface area (Å²) in [7, 11) is 1.64. The van der Waals surface area contributed by atoms with E-state index in [1.165, 1.54) is 10.9 Å². The van der Waals surface area contributed by atoms with Crippen molar-refractivity contribution in [2.75, 3.05) is 7.11 Å². The van der Waals surface area contributed by atoms with Gasteiger partial charge in [0.05, 0.1) is 25.7 Å². The Morgan fingerprint density at radius 1 is 0.966 bits per heavy atom. The number of ether oxygens (including phenoxy) is 1. The fourth-order valence-electron chi connectivity index (χ4n) is 3.34. The highest BCUT2D eigenvalue weighted by Crippen LogP contribution is 2.25. The predicted molar refractivity (Wildman–Crippen MR) is 107 cm³/mol. The van der Waals surface area contributed by atoms with E-state index in [1.807, 2.05) is 59.2 Å². The van der Waals surface area contributed by atoms with E-state index >= 15 is 0 Å². The normalized spacial score (nSPS) is 11.2. The van der Waals surface area contributed by atoms with Crippen molar-refractivity contribution in [3.63, 3.8) is 0 Å². The first-order chi connectivity index (χ1) is 14.2. The number of hydrogen-bond donors (Lipinski definition) is 0.